The summed E-state index contributed by atoms with van der Waals surface area (Å²) >= 11 is 0. The lowest BCUT2D eigenvalue weighted by Crippen LogP contribution is -2.38. The van der Waals surface area contributed by atoms with Crippen LogP contribution in [0.5, 0.6) is 0 Å². The number of aromatic nitrogens is 3. The highest BCUT2D eigenvalue weighted by Crippen LogP contribution is 2.19. The van der Waals surface area contributed by atoms with Gasteiger partial charge in [-0.15, -0.1) is 24.0 Å². The molecule has 1 aromatic carbocycles. The Balaban J connectivity index is 0.00000272. The van der Waals surface area contributed by atoms with E-state index in [-0.39, 0.29) is 24.0 Å². The van der Waals surface area contributed by atoms with Crippen molar-refractivity contribution in [2.75, 3.05) is 20.1 Å². The maximum atomic E-state index is 5.92. The van der Waals surface area contributed by atoms with Gasteiger partial charge in [0.1, 0.15) is 17.0 Å². The van der Waals surface area contributed by atoms with E-state index in [0.29, 0.717) is 36.9 Å². The lowest BCUT2D eigenvalue weighted by molar-refractivity contribution is 0.412. The zero-order valence-corrected chi connectivity index (χ0v) is 19.8. The van der Waals surface area contributed by atoms with E-state index in [2.05, 4.69) is 26.5 Å². The molecule has 4 aromatic rings. The van der Waals surface area contributed by atoms with Crippen LogP contribution in [-0.2, 0) is 13.0 Å². The predicted molar refractivity (Wildman–Crippen MR) is 130 cm³/mol. The molecular weight excluding hydrogens is 507 g/mol. The number of nitrogens with zero attached hydrogens (tertiary/aromatic N) is 5. The van der Waals surface area contributed by atoms with Crippen LogP contribution in [0.25, 0.3) is 22.6 Å². The fourth-order valence-corrected chi connectivity index (χ4v) is 3.10. The van der Waals surface area contributed by atoms with E-state index in [4.69, 9.17) is 13.9 Å². The molecular formula is C22H25IN6O2. The Morgan fingerprint density at radius 2 is 2.00 bits per heavy atom. The number of para-hydroxylation sites is 1. The zero-order valence-electron chi connectivity index (χ0n) is 17.5. The number of benzene rings is 1. The van der Waals surface area contributed by atoms with Crippen molar-refractivity contribution < 1.29 is 8.94 Å². The first-order chi connectivity index (χ1) is 14.7. The number of halogens is 1. The Bertz CT molecular complexity index is 1090. The maximum absolute atomic E-state index is 5.92. The molecule has 0 spiro atoms. The first kappa shape index (κ1) is 22.7. The molecule has 0 atom stereocenters. The van der Waals surface area contributed by atoms with Gasteiger partial charge in [-0.2, -0.15) is 4.98 Å². The van der Waals surface area contributed by atoms with Crippen molar-refractivity contribution in [3.63, 3.8) is 0 Å². The van der Waals surface area contributed by atoms with Crippen LogP contribution in [0.2, 0.25) is 0 Å². The van der Waals surface area contributed by atoms with E-state index >= 15 is 0 Å². The molecule has 9 heteroatoms. The van der Waals surface area contributed by atoms with Gasteiger partial charge in [0.25, 0.3) is 5.89 Å². The standard InChI is InChI=1S/C22H24N6O2.HI/c1-3-23-22(28(2)15-17-14-16-8-4-5-10-19(16)29-17)25-13-11-20-26-21(30-27-20)18-9-6-7-12-24-18;/h4-10,12,14H,3,11,13,15H2,1-2H3,(H,23,25);1H. The van der Waals surface area contributed by atoms with Crippen molar-refractivity contribution in [2.24, 2.45) is 4.99 Å². The minimum atomic E-state index is 0. The molecule has 0 aliphatic rings. The molecule has 31 heavy (non-hydrogen) atoms. The van der Waals surface area contributed by atoms with Gasteiger partial charge < -0.3 is 19.2 Å². The number of furan rings is 1. The molecule has 0 aliphatic carbocycles. The average molecular weight is 532 g/mol. The summed E-state index contributed by atoms with van der Waals surface area (Å²) in [5.41, 5.74) is 1.56. The number of hydrogen-bond acceptors (Lipinski definition) is 6. The molecule has 8 nitrogen and oxygen atoms in total. The summed E-state index contributed by atoms with van der Waals surface area (Å²) < 4.78 is 11.2. The molecule has 4 rings (SSSR count). The summed E-state index contributed by atoms with van der Waals surface area (Å²) in [5.74, 6) is 2.72. The minimum Gasteiger partial charge on any atom is -0.459 e. The fraction of sp³-hybridized carbons (Fsp3) is 0.273. The number of guanidine groups is 1. The smallest absolute Gasteiger partial charge is 0.276 e. The summed E-state index contributed by atoms with van der Waals surface area (Å²) in [7, 11) is 1.99. The van der Waals surface area contributed by atoms with Gasteiger partial charge in [-0.05, 0) is 31.2 Å². The third-order valence-electron chi connectivity index (χ3n) is 4.52. The fourth-order valence-electron chi connectivity index (χ4n) is 3.10. The normalized spacial score (nSPS) is 11.4. The van der Waals surface area contributed by atoms with Crippen LogP contribution < -0.4 is 5.32 Å². The molecule has 1 N–H and O–H groups in total. The Morgan fingerprint density at radius 3 is 2.77 bits per heavy atom. The van der Waals surface area contributed by atoms with Crippen LogP contribution in [0.1, 0.15) is 18.5 Å². The van der Waals surface area contributed by atoms with Crippen LogP contribution in [0.4, 0.5) is 0 Å². The number of pyridine rings is 1. The second-order valence-electron chi connectivity index (χ2n) is 6.82. The highest BCUT2D eigenvalue weighted by molar-refractivity contribution is 14.0. The Hall–Kier alpha value is -2.95. The number of aliphatic imine (C=N–C) groups is 1. The van der Waals surface area contributed by atoms with Crippen molar-refractivity contribution in [3.8, 4) is 11.6 Å². The number of rotatable bonds is 7. The maximum Gasteiger partial charge on any atom is 0.276 e. The van der Waals surface area contributed by atoms with Crippen LogP contribution in [0.15, 0.2) is 68.7 Å². The lowest BCUT2D eigenvalue weighted by Gasteiger charge is -2.20. The summed E-state index contributed by atoms with van der Waals surface area (Å²) in [5, 5.41) is 8.44. The van der Waals surface area contributed by atoms with Gasteiger partial charge in [0.05, 0.1) is 6.54 Å². The Labute approximate surface area is 197 Å². The second-order valence-corrected chi connectivity index (χ2v) is 6.82. The van der Waals surface area contributed by atoms with E-state index in [1.165, 1.54) is 0 Å². The average Bonchev–Trinajstić information content (AvgIpc) is 3.40. The number of nitrogens with one attached hydrogen (secondary N) is 1. The van der Waals surface area contributed by atoms with Gasteiger partial charge in [-0.3, -0.25) is 9.98 Å². The van der Waals surface area contributed by atoms with E-state index < -0.39 is 0 Å². The van der Waals surface area contributed by atoms with Crippen molar-refractivity contribution in [1.29, 1.82) is 0 Å². The molecule has 0 fully saturated rings. The largest absolute Gasteiger partial charge is 0.459 e. The van der Waals surface area contributed by atoms with Gasteiger partial charge in [0, 0.05) is 38.1 Å². The van der Waals surface area contributed by atoms with E-state index in [0.717, 1.165) is 29.2 Å². The highest BCUT2D eigenvalue weighted by atomic mass is 127. The molecule has 0 radical (unpaired) electrons. The van der Waals surface area contributed by atoms with Gasteiger partial charge in [-0.25, -0.2) is 0 Å². The molecule has 0 aliphatic heterocycles. The summed E-state index contributed by atoms with van der Waals surface area (Å²) in [4.78, 5) is 15.4. The molecule has 0 saturated carbocycles. The zero-order chi connectivity index (χ0) is 20.8. The molecule has 3 aromatic heterocycles. The third-order valence-corrected chi connectivity index (χ3v) is 4.52. The lowest BCUT2D eigenvalue weighted by atomic mass is 10.2. The quantitative estimate of drug-likeness (QED) is 0.217. The summed E-state index contributed by atoms with van der Waals surface area (Å²) in [6.45, 7) is 3.97. The number of fused-ring (bicyclic) bond motifs is 1. The SMILES string of the molecule is CCNC(=NCCc1noc(-c2ccccn2)n1)N(C)Cc1cc2ccccc2o1.I. The molecule has 0 unspecified atom stereocenters. The van der Waals surface area contributed by atoms with Crippen molar-refractivity contribution in [1.82, 2.24) is 25.3 Å². The Morgan fingerprint density at radius 1 is 1.16 bits per heavy atom. The van der Waals surface area contributed by atoms with Gasteiger partial charge in [0.15, 0.2) is 11.8 Å². The molecule has 0 bridgehead atoms. The summed E-state index contributed by atoms with van der Waals surface area (Å²) in [6.07, 6.45) is 2.27. The van der Waals surface area contributed by atoms with E-state index in [9.17, 15) is 0 Å². The first-order valence-electron chi connectivity index (χ1n) is 9.94. The summed E-state index contributed by atoms with van der Waals surface area (Å²) in [6, 6.07) is 15.6. The van der Waals surface area contributed by atoms with Crippen LogP contribution >= 0.6 is 24.0 Å². The predicted octanol–water partition coefficient (Wildman–Crippen LogP) is 4.14. The number of hydrogen-bond donors (Lipinski definition) is 1. The van der Waals surface area contributed by atoms with Crippen molar-refractivity contribution in [3.05, 3.63) is 66.3 Å². The topological polar surface area (TPSA) is 92.6 Å². The van der Waals surface area contributed by atoms with Gasteiger partial charge >= 0.3 is 0 Å². The highest BCUT2D eigenvalue weighted by Gasteiger charge is 2.12. The van der Waals surface area contributed by atoms with Crippen LogP contribution in [0, 0.1) is 0 Å². The van der Waals surface area contributed by atoms with E-state index in [1.54, 1.807) is 6.20 Å². The Kier molecular flexibility index (Phi) is 7.99. The van der Waals surface area contributed by atoms with Gasteiger partial charge in [0.2, 0.25) is 0 Å². The van der Waals surface area contributed by atoms with Crippen LogP contribution in [-0.4, -0.2) is 46.1 Å². The molecule has 3 heterocycles. The second kappa shape index (κ2) is 10.9. The van der Waals surface area contributed by atoms with Crippen molar-refractivity contribution >= 4 is 40.9 Å². The first-order valence-corrected chi connectivity index (χ1v) is 9.94. The third kappa shape index (κ3) is 5.81. The van der Waals surface area contributed by atoms with Crippen LogP contribution in [0.3, 0.4) is 0 Å². The van der Waals surface area contributed by atoms with E-state index in [1.807, 2.05) is 61.3 Å². The molecule has 0 amide bonds. The molecule has 0 saturated heterocycles. The molecule has 162 valence electrons. The minimum absolute atomic E-state index is 0. The van der Waals surface area contributed by atoms with Crippen molar-refractivity contribution in [2.45, 2.75) is 19.9 Å². The van der Waals surface area contributed by atoms with Gasteiger partial charge in [-0.1, -0.05) is 29.4 Å². The monoisotopic (exact) mass is 532 g/mol.